The fraction of sp³-hybridized carbons (Fsp3) is 0.318. The van der Waals surface area contributed by atoms with Gasteiger partial charge in [-0.3, -0.25) is 4.68 Å². The Balaban J connectivity index is 1.81. The number of sulfonamides is 1. The molecule has 0 atom stereocenters. The van der Waals surface area contributed by atoms with E-state index in [1.54, 1.807) is 10.9 Å². The molecule has 3 rings (SSSR count). The van der Waals surface area contributed by atoms with E-state index in [0.717, 1.165) is 11.1 Å². The van der Waals surface area contributed by atoms with Gasteiger partial charge in [0.15, 0.2) is 0 Å². The first-order chi connectivity index (χ1) is 13.3. The van der Waals surface area contributed by atoms with Crippen molar-refractivity contribution < 1.29 is 8.42 Å². The van der Waals surface area contributed by atoms with Crippen LogP contribution >= 0.6 is 0 Å². The molecule has 0 spiro atoms. The predicted octanol–water partition coefficient (Wildman–Crippen LogP) is 3.75. The second kappa shape index (κ2) is 8.29. The lowest BCUT2D eigenvalue weighted by Crippen LogP contribution is -2.28. The Hall–Kier alpha value is -2.44. The first-order valence-electron chi connectivity index (χ1n) is 9.41. The van der Waals surface area contributed by atoms with Crippen molar-refractivity contribution in [3.63, 3.8) is 0 Å². The Kier molecular flexibility index (Phi) is 6.01. The van der Waals surface area contributed by atoms with Crippen LogP contribution in [0.5, 0.6) is 0 Å². The predicted molar refractivity (Wildman–Crippen MR) is 112 cm³/mol. The summed E-state index contributed by atoms with van der Waals surface area (Å²) < 4.78 is 30.4. The van der Waals surface area contributed by atoms with Crippen molar-refractivity contribution in [2.24, 2.45) is 0 Å². The third kappa shape index (κ3) is 5.09. The summed E-state index contributed by atoms with van der Waals surface area (Å²) in [7, 11) is -3.65. The van der Waals surface area contributed by atoms with Gasteiger partial charge in [0.2, 0.25) is 10.0 Å². The number of hydrogen-bond acceptors (Lipinski definition) is 3. The van der Waals surface area contributed by atoms with Crippen LogP contribution in [0.3, 0.4) is 0 Å². The van der Waals surface area contributed by atoms with E-state index in [9.17, 15) is 8.42 Å². The van der Waals surface area contributed by atoms with Crippen LogP contribution < -0.4 is 4.72 Å². The van der Waals surface area contributed by atoms with Crippen LogP contribution in [0.1, 0.15) is 37.6 Å². The van der Waals surface area contributed by atoms with E-state index in [1.165, 1.54) is 0 Å². The zero-order valence-electron chi connectivity index (χ0n) is 16.6. The molecule has 5 nitrogen and oxygen atoms in total. The molecule has 0 unspecified atom stereocenters. The minimum atomic E-state index is -3.65. The van der Waals surface area contributed by atoms with E-state index in [2.05, 4.69) is 9.82 Å². The highest BCUT2D eigenvalue weighted by atomic mass is 32.2. The van der Waals surface area contributed by atoms with Crippen LogP contribution in [0, 0.1) is 0 Å². The van der Waals surface area contributed by atoms with Crippen molar-refractivity contribution in [1.29, 1.82) is 0 Å². The summed E-state index contributed by atoms with van der Waals surface area (Å²) in [6.07, 6.45) is 2.28. The molecule has 2 aromatic carbocycles. The number of hydrogen-bond donors (Lipinski definition) is 1. The molecule has 6 heteroatoms. The zero-order valence-corrected chi connectivity index (χ0v) is 17.4. The molecule has 0 fully saturated rings. The van der Waals surface area contributed by atoms with Gasteiger partial charge in [0.1, 0.15) is 4.90 Å². The highest BCUT2D eigenvalue weighted by Gasteiger charge is 2.29. The van der Waals surface area contributed by atoms with E-state index in [4.69, 9.17) is 0 Å². The molecule has 3 aromatic rings. The van der Waals surface area contributed by atoms with Gasteiger partial charge < -0.3 is 0 Å². The smallest absolute Gasteiger partial charge is 0.244 e. The fourth-order valence-corrected chi connectivity index (χ4v) is 4.41. The molecule has 0 aliphatic rings. The van der Waals surface area contributed by atoms with Gasteiger partial charge in [0.25, 0.3) is 0 Å². The standard InChI is InChI=1S/C22H27N3O2S/c1-22(2,3)21-20(17-25(24-21)16-19-12-8-5-9-13-19)28(26,27)23-15-14-18-10-6-4-7-11-18/h4-13,17,23H,14-16H2,1-3H3. The first-order valence-corrected chi connectivity index (χ1v) is 10.9. The summed E-state index contributed by atoms with van der Waals surface area (Å²) in [5.41, 5.74) is 2.37. The van der Waals surface area contributed by atoms with Gasteiger partial charge in [-0.1, -0.05) is 81.4 Å². The molecule has 0 aliphatic carbocycles. The average Bonchev–Trinajstić information content (AvgIpc) is 3.09. The number of rotatable bonds is 7. The maximum Gasteiger partial charge on any atom is 0.244 e. The highest BCUT2D eigenvalue weighted by molar-refractivity contribution is 7.89. The number of aromatic nitrogens is 2. The number of benzene rings is 2. The third-order valence-electron chi connectivity index (χ3n) is 4.46. The molecule has 1 N–H and O–H groups in total. The quantitative estimate of drug-likeness (QED) is 0.660. The molecular formula is C22H27N3O2S. The van der Waals surface area contributed by atoms with Crippen LogP contribution in [-0.4, -0.2) is 24.7 Å². The van der Waals surface area contributed by atoms with Crippen molar-refractivity contribution >= 4 is 10.0 Å². The molecule has 148 valence electrons. The van der Waals surface area contributed by atoms with Gasteiger partial charge in [-0.2, -0.15) is 5.10 Å². The molecule has 0 aliphatic heterocycles. The van der Waals surface area contributed by atoms with Crippen LogP contribution in [0.25, 0.3) is 0 Å². The lowest BCUT2D eigenvalue weighted by molar-refractivity contribution is 0.531. The van der Waals surface area contributed by atoms with Crippen LogP contribution in [0.15, 0.2) is 71.8 Å². The fourth-order valence-electron chi connectivity index (χ4n) is 3.02. The van der Waals surface area contributed by atoms with Gasteiger partial charge in [0, 0.05) is 18.2 Å². The van der Waals surface area contributed by atoms with Crippen molar-refractivity contribution in [3.8, 4) is 0 Å². The Morgan fingerprint density at radius 1 is 0.929 bits per heavy atom. The van der Waals surface area contributed by atoms with Crippen molar-refractivity contribution in [2.45, 2.75) is 44.0 Å². The average molecular weight is 398 g/mol. The van der Waals surface area contributed by atoms with Crippen LogP contribution in [-0.2, 0) is 28.4 Å². The summed E-state index contributed by atoms with van der Waals surface area (Å²) in [5.74, 6) is 0. The molecular weight excluding hydrogens is 370 g/mol. The molecule has 28 heavy (non-hydrogen) atoms. The van der Waals surface area contributed by atoms with Gasteiger partial charge in [-0.05, 0) is 17.5 Å². The third-order valence-corrected chi connectivity index (χ3v) is 5.93. The molecule has 0 bridgehead atoms. The second-order valence-electron chi connectivity index (χ2n) is 7.91. The monoisotopic (exact) mass is 397 g/mol. The minimum absolute atomic E-state index is 0.254. The molecule has 1 aromatic heterocycles. The second-order valence-corrected chi connectivity index (χ2v) is 9.64. The largest absolute Gasteiger partial charge is 0.267 e. The lowest BCUT2D eigenvalue weighted by Gasteiger charge is -2.17. The Morgan fingerprint density at radius 2 is 1.50 bits per heavy atom. The lowest BCUT2D eigenvalue weighted by atomic mass is 9.92. The molecule has 0 amide bonds. The topological polar surface area (TPSA) is 64.0 Å². The molecule has 1 heterocycles. The normalized spacial score (nSPS) is 12.2. The Bertz CT molecular complexity index is 1000. The molecule has 0 saturated carbocycles. The maximum atomic E-state index is 13.0. The van der Waals surface area contributed by atoms with Crippen molar-refractivity contribution in [1.82, 2.24) is 14.5 Å². The van der Waals surface area contributed by atoms with Gasteiger partial charge in [-0.25, -0.2) is 13.1 Å². The van der Waals surface area contributed by atoms with Gasteiger partial charge in [-0.15, -0.1) is 0 Å². The summed E-state index contributed by atoms with van der Waals surface area (Å²) in [6, 6.07) is 19.7. The van der Waals surface area contributed by atoms with Crippen molar-refractivity contribution in [2.75, 3.05) is 6.54 Å². The van der Waals surface area contributed by atoms with Gasteiger partial charge in [0.05, 0.1) is 12.2 Å². The van der Waals surface area contributed by atoms with Crippen molar-refractivity contribution in [3.05, 3.63) is 83.7 Å². The summed E-state index contributed by atoms with van der Waals surface area (Å²) in [4.78, 5) is 0.254. The minimum Gasteiger partial charge on any atom is -0.267 e. The number of nitrogens with zero attached hydrogens (tertiary/aromatic N) is 2. The molecule has 0 radical (unpaired) electrons. The molecule has 0 saturated heterocycles. The van der Waals surface area contributed by atoms with E-state index < -0.39 is 10.0 Å². The highest BCUT2D eigenvalue weighted by Crippen LogP contribution is 2.27. The Labute approximate surface area is 167 Å². The number of nitrogens with one attached hydrogen (secondary N) is 1. The van der Waals surface area contributed by atoms with E-state index >= 15 is 0 Å². The summed E-state index contributed by atoms with van der Waals surface area (Å²) >= 11 is 0. The Morgan fingerprint density at radius 3 is 2.07 bits per heavy atom. The van der Waals surface area contributed by atoms with Gasteiger partial charge >= 0.3 is 0 Å². The van der Waals surface area contributed by atoms with E-state index in [1.807, 2.05) is 81.4 Å². The maximum absolute atomic E-state index is 13.0. The SMILES string of the molecule is CC(C)(C)c1nn(Cc2ccccc2)cc1S(=O)(=O)NCCc1ccccc1. The zero-order chi connectivity index (χ0) is 20.2. The van der Waals surface area contributed by atoms with Crippen LogP contribution in [0.2, 0.25) is 0 Å². The summed E-state index contributed by atoms with van der Waals surface area (Å²) in [6.45, 7) is 6.81. The summed E-state index contributed by atoms with van der Waals surface area (Å²) in [5, 5.41) is 4.61. The van der Waals surface area contributed by atoms with E-state index in [-0.39, 0.29) is 10.3 Å². The van der Waals surface area contributed by atoms with Crippen LogP contribution in [0.4, 0.5) is 0 Å². The van der Waals surface area contributed by atoms with E-state index in [0.29, 0.717) is 25.2 Å². The first kappa shape index (κ1) is 20.3.